The molecule has 0 spiro atoms. The second-order valence-corrected chi connectivity index (χ2v) is 4.56. The van der Waals surface area contributed by atoms with Crippen molar-refractivity contribution in [2.45, 2.75) is 0 Å². The topological polar surface area (TPSA) is 66.8 Å². The number of benzene rings is 2. The minimum absolute atomic E-state index is 0.0348. The standard InChI is InChI=1S/C18H16O4/c1-22-18-11-13(8-10-16(18)20)7-9-15(19)12-17(21)14-5-3-2-4-6-14/h2-12,20-21H,1H3. The van der Waals surface area contributed by atoms with Gasteiger partial charge in [-0.2, -0.15) is 0 Å². The van der Waals surface area contributed by atoms with Crippen molar-refractivity contribution >= 4 is 17.6 Å². The number of hydrogen-bond donors (Lipinski definition) is 2. The minimum Gasteiger partial charge on any atom is -0.507 e. The van der Waals surface area contributed by atoms with Crippen LogP contribution in [0, 0.1) is 0 Å². The van der Waals surface area contributed by atoms with Crippen molar-refractivity contribution in [1.29, 1.82) is 0 Å². The number of phenolic OH excluding ortho intramolecular Hbond substituents is 1. The second-order valence-electron chi connectivity index (χ2n) is 4.56. The van der Waals surface area contributed by atoms with E-state index >= 15 is 0 Å². The van der Waals surface area contributed by atoms with Gasteiger partial charge in [0.25, 0.3) is 0 Å². The Hall–Kier alpha value is -3.01. The van der Waals surface area contributed by atoms with Gasteiger partial charge >= 0.3 is 0 Å². The highest BCUT2D eigenvalue weighted by atomic mass is 16.5. The summed E-state index contributed by atoms with van der Waals surface area (Å²) in [6.07, 6.45) is 4.08. The van der Waals surface area contributed by atoms with Gasteiger partial charge in [-0.05, 0) is 23.8 Å². The van der Waals surface area contributed by atoms with Crippen LogP contribution < -0.4 is 4.74 Å². The molecule has 2 aromatic rings. The summed E-state index contributed by atoms with van der Waals surface area (Å²) in [5.74, 6) is -0.0585. The lowest BCUT2D eigenvalue weighted by Gasteiger charge is -2.03. The maximum atomic E-state index is 11.8. The molecule has 0 fully saturated rings. The molecule has 2 aromatic carbocycles. The molecule has 0 aliphatic carbocycles. The monoisotopic (exact) mass is 296 g/mol. The van der Waals surface area contributed by atoms with Gasteiger partial charge in [0.05, 0.1) is 7.11 Å². The van der Waals surface area contributed by atoms with Gasteiger partial charge in [0, 0.05) is 11.6 Å². The molecule has 0 saturated heterocycles. The number of carbonyl (C=O) groups is 1. The van der Waals surface area contributed by atoms with Crippen molar-refractivity contribution in [3.05, 3.63) is 71.8 Å². The number of aliphatic hydroxyl groups excluding tert-OH is 1. The zero-order valence-electron chi connectivity index (χ0n) is 12.1. The highest BCUT2D eigenvalue weighted by Crippen LogP contribution is 2.26. The third-order valence-corrected chi connectivity index (χ3v) is 2.99. The summed E-state index contributed by atoms with van der Waals surface area (Å²) in [7, 11) is 1.45. The van der Waals surface area contributed by atoms with Gasteiger partial charge in [0.15, 0.2) is 17.3 Å². The van der Waals surface area contributed by atoms with E-state index in [4.69, 9.17) is 4.74 Å². The summed E-state index contributed by atoms with van der Waals surface area (Å²) in [5.41, 5.74) is 1.28. The maximum Gasteiger partial charge on any atom is 0.182 e. The van der Waals surface area contributed by atoms with E-state index in [2.05, 4.69) is 0 Å². The fourth-order valence-corrected chi connectivity index (χ4v) is 1.85. The van der Waals surface area contributed by atoms with Crippen molar-refractivity contribution in [3.8, 4) is 11.5 Å². The summed E-state index contributed by atoms with van der Waals surface area (Å²) >= 11 is 0. The van der Waals surface area contributed by atoms with Crippen LogP contribution in [-0.4, -0.2) is 23.1 Å². The van der Waals surface area contributed by atoms with Crippen LogP contribution in [-0.2, 0) is 4.79 Å². The van der Waals surface area contributed by atoms with Crippen LogP contribution in [0.5, 0.6) is 11.5 Å². The van der Waals surface area contributed by atoms with Gasteiger partial charge in [-0.15, -0.1) is 0 Å². The first-order chi connectivity index (χ1) is 10.6. The van der Waals surface area contributed by atoms with Crippen LogP contribution in [0.2, 0.25) is 0 Å². The van der Waals surface area contributed by atoms with Crippen molar-refractivity contribution in [1.82, 2.24) is 0 Å². The van der Waals surface area contributed by atoms with Gasteiger partial charge in [-0.1, -0.05) is 42.5 Å². The number of hydrogen-bond acceptors (Lipinski definition) is 4. The van der Waals surface area contributed by atoms with Crippen LogP contribution in [0.4, 0.5) is 0 Å². The van der Waals surface area contributed by atoms with E-state index in [1.807, 2.05) is 6.07 Å². The van der Waals surface area contributed by atoms with E-state index < -0.39 is 0 Å². The number of ether oxygens (including phenoxy) is 1. The molecule has 0 heterocycles. The molecule has 4 nitrogen and oxygen atoms in total. The average molecular weight is 296 g/mol. The Labute approximate surface area is 128 Å². The summed E-state index contributed by atoms with van der Waals surface area (Å²) < 4.78 is 4.99. The number of allylic oxidation sites excluding steroid dienone is 2. The lowest BCUT2D eigenvalue weighted by atomic mass is 10.1. The Kier molecular flexibility index (Phi) is 4.98. The molecule has 0 radical (unpaired) electrons. The molecule has 0 atom stereocenters. The fourth-order valence-electron chi connectivity index (χ4n) is 1.85. The number of phenols is 1. The Morgan fingerprint density at radius 3 is 2.55 bits per heavy atom. The summed E-state index contributed by atoms with van der Waals surface area (Å²) in [6, 6.07) is 13.6. The van der Waals surface area contributed by atoms with Gasteiger partial charge in [-0.25, -0.2) is 0 Å². The van der Waals surface area contributed by atoms with Gasteiger partial charge < -0.3 is 14.9 Å². The zero-order chi connectivity index (χ0) is 15.9. The first-order valence-electron chi connectivity index (χ1n) is 6.65. The SMILES string of the molecule is COc1cc(C=CC(=O)C=C(O)c2ccccc2)ccc1O. The van der Waals surface area contributed by atoms with E-state index in [0.29, 0.717) is 16.9 Å². The van der Waals surface area contributed by atoms with Gasteiger partial charge in [-0.3, -0.25) is 4.79 Å². The number of methoxy groups -OCH3 is 1. The van der Waals surface area contributed by atoms with Gasteiger partial charge in [0.2, 0.25) is 0 Å². The Balaban J connectivity index is 2.11. The molecule has 0 saturated carbocycles. The molecule has 22 heavy (non-hydrogen) atoms. The maximum absolute atomic E-state index is 11.8. The predicted molar refractivity (Wildman–Crippen MR) is 85.7 cm³/mol. The highest BCUT2D eigenvalue weighted by Gasteiger charge is 2.02. The lowest BCUT2D eigenvalue weighted by molar-refractivity contribution is -0.110. The first-order valence-corrected chi connectivity index (χ1v) is 6.65. The van der Waals surface area contributed by atoms with Crippen molar-refractivity contribution in [2.75, 3.05) is 7.11 Å². The zero-order valence-corrected chi connectivity index (χ0v) is 12.1. The van der Waals surface area contributed by atoms with Crippen LogP contribution in [0.1, 0.15) is 11.1 Å². The van der Waals surface area contributed by atoms with Crippen molar-refractivity contribution in [3.63, 3.8) is 0 Å². The number of ketones is 1. The van der Waals surface area contributed by atoms with Crippen LogP contribution in [0.3, 0.4) is 0 Å². The first kappa shape index (κ1) is 15.4. The predicted octanol–water partition coefficient (Wildman–Crippen LogP) is 3.58. The number of aliphatic hydroxyl groups is 1. The Morgan fingerprint density at radius 1 is 1.14 bits per heavy atom. The third-order valence-electron chi connectivity index (χ3n) is 2.99. The molecule has 0 aliphatic rings. The smallest absolute Gasteiger partial charge is 0.182 e. The second kappa shape index (κ2) is 7.13. The molecule has 0 unspecified atom stereocenters. The van der Waals surface area contributed by atoms with Crippen LogP contribution in [0.25, 0.3) is 11.8 Å². The quantitative estimate of drug-likeness (QED) is 0.653. The van der Waals surface area contributed by atoms with E-state index in [1.165, 1.54) is 19.3 Å². The van der Waals surface area contributed by atoms with E-state index in [0.717, 1.165) is 6.08 Å². The van der Waals surface area contributed by atoms with E-state index in [-0.39, 0.29) is 17.3 Å². The molecular weight excluding hydrogens is 280 g/mol. The molecular formula is C18H16O4. The largest absolute Gasteiger partial charge is 0.507 e. The normalized spacial score (nSPS) is 11.6. The Morgan fingerprint density at radius 2 is 1.86 bits per heavy atom. The van der Waals surface area contributed by atoms with E-state index in [9.17, 15) is 15.0 Å². The van der Waals surface area contributed by atoms with Crippen molar-refractivity contribution < 1.29 is 19.7 Å². The lowest BCUT2D eigenvalue weighted by Crippen LogP contribution is -1.90. The number of aromatic hydroxyl groups is 1. The molecule has 2 N–H and O–H groups in total. The summed E-state index contributed by atoms with van der Waals surface area (Å²) in [5, 5.41) is 19.4. The third kappa shape index (κ3) is 3.99. The molecule has 4 heteroatoms. The summed E-state index contributed by atoms with van der Waals surface area (Å²) in [4.78, 5) is 11.8. The fraction of sp³-hybridized carbons (Fsp3) is 0.0556. The van der Waals surface area contributed by atoms with Crippen molar-refractivity contribution in [2.24, 2.45) is 0 Å². The molecule has 0 aliphatic heterocycles. The molecule has 112 valence electrons. The molecule has 2 rings (SSSR count). The molecule has 0 bridgehead atoms. The Bertz CT molecular complexity index is 715. The molecule has 0 aromatic heterocycles. The summed E-state index contributed by atoms with van der Waals surface area (Å²) in [6.45, 7) is 0. The van der Waals surface area contributed by atoms with Crippen LogP contribution in [0.15, 0.2) is 60.7 Å². The molecule has 0 amide bonds. The van der Waals surface area contributed by atoms with E-state index in [1.54, 1.807) is 42.5 Å². The van der Waals surface area contributed by atoms with Gasteiger partial charge in [0.1, 0.15) is 5.76 Å². The average Bonchev–Trinajstić information content (AvgIpc) is 2.55. The highest BCUT2D eigenvalue weighted by molar-refractivity contribution is 6.05. The number of carbonyl (C=O) groups excluding carboxylic acids is 1. The van der Waals surface area contributed by atoms with Crippen LogP contribution >= 0.6 is 0 Å². The number of rotatable bonds is 5. The minimum atomic E-state index is -0.339.